The third-order valence-corrected chi connectivity index (χ3v) is 3.80. The number of carbonyl (C=O) groups excluding carboxylic acids is 1. The van der Waals surface area contributed by atoms with Gasteiger partial charge in [0.05, 0.1) is 7.11 Å². The van der Waals surface area contributed by atoms with E-state index < -0.39 is 35.9 Å². The average Bonchev–Trinajstić information content (AvgIpc) is 2.64. The third kappa shape index (κ3) is 5.94. The summed E-state index contributed by atoms with van der Waals surface area (Å²) in [5.74, 6) is -2.55. The lowest BCUT2D eigenvalue weighted by molar-refractivity contribution is -0.140. The van der Waals surface area contributed by atoms with Crippen molar-refractivity contribution >= 4 is 17.8 Å². The smallest absolute Gasteiger partial charge is 0.326 e. The number of aromatic nitrogens is 2. The highest BCUT2D eigenvalue weighted by molar-refractivity contribution is 5.95. The molecule has 0 bridgehead atoms. The number of methoxy groups -OCH3 is 1. The number of H-pyrrole nitrogens is 1. The van der Waals surface area contributed by atoms with Gasteiger partial charge in [-0.1, -0.05) is 12.1 Å². The summed E-state index contributed by atoms with van der Waals surface area (Å²) in [6, 6.07) is 6.57. The van der Waals surface area contributed by atoms with Crippen LogP contribution in [0.25, 0.3) is 0 Å². The van der Waals surface area contributed by atoms with Crippen LogP contribution in [0.4, 0.5) is 0 Å². The number of nitrogens with one attached hydrogen (secondary N) is 2. The van der Waals surface area contributed by atoms with E-state index in [-0.39, 0.29) is 24.4 Å². The predicted molar refractivity (Wildman–Crippen MR) is 96.4 cm³/mol. The first-order chi connectivity index (χ1) is 13.3. The number of carbonyl (C=O) groups is 3. The number of hydrogen-bond donors (Lipinski definition) is 4. The molecule has 4 N–H and O–H groups in total. The van der Waals surface area contributed by atoms with E-state index in [0.717, 1.165) is 11.6 Å². The van der Waals surface area contributed by atoms with Crippen LogP contribution in [-0.4, -0.2) is 51.2 Å². The number of benzene rings is 1. The van der Waals surface area contributed by atoms with E-state index in [4.69, 9.17) is 14.9 Å². The molecular weight excluding hydrogens is 370 g/mol. The normalized spacial score (nSPS) is 11.5. The summed E-state index contributed by atoms with van der Waals surface area (Å²) in [4.78, 5) is 52.6. The number of rotatable bonds is 9. The van der Waals surface area contributed by atoms with E-state index in [0.29, 0.717) is 5.75 Å². The maximum absolute atomic E-state index is 12.3. The van der Waals surface area contributed by atoms with Crippen molar-refractivity contribution in [3.05, 3.63) is 57.8 Å². The fourth-order valence-electron chi connectivity index (χ4n) is 2.40. The van der Waals surface area contributed by atoms with Gasteiger partial charge in [-0.15, -0.1) is 0 Å². The minimum atomic E-state index is -1.41. The van der Waals surface area contributed by atoms with Gasteiger partial charge in [0.2, 0.25) is 0 Å². The van der Waals surface area contributed by atoms with Gasteiger partial charge in [-0.25, -0.2) is 9.78 Å². The highest BCUT2D eigenvalue weighted by Gasteiger charge is 2.22. The van der Waals surface area contributed by atoms with Crippen molar-refractivity contribution < 1.29 is 29.3 Å². The number of nitrogens with zero attached hydrogens (tertiary/aromatic N) is 1. The summed E-state index contributed by atoms with van der Waals surface area (Å²) in [5, 5.41) is 20.0. The Kier molecular flexibility index (Phi) is 6.85. The molecule has 10 nitrogen and oxygen atoms in total. The second-order valence-corrected chi connectivity index (χ2v) is 5.90. The Morgan fingerprint density at radius 2 is 1.89 bits per heavy atom. The predicted octanol–water partition coefficient (Wildman–Crippen LogP) is 0.417. The fraction of sp³-hybridized carbons (Fsp3) is 0.278. The molecule has 0 aliphatic heterocycles. The molecule has 0 saturated carbocycles. The van der Waals surface area contributed by atoms with Crippen molar-refractivity contribution in [3.63, 3.8) is 0 Å². The van der Waals surface area contributed by atoms with Crippen LogP contribution in [0.5, 0.6) is 5.75 Å². The van der Waals surface area contributed by atoms with Crippen molar-refractivity contribution in [2.75, 3.05) is 7.11 Å². The minimum absolute atomic E-state index is 0.222. The zero-order chi connectivity index (χ0) is 20.7. The molecule has 0 radical (unpaired) electrons. The van der Waals surface area contributed by atoms with Crippen LogP contribution >= 0.6 is 0 Å². The molecule has 148 valence electrons. The molecule has 0 aliphatic rings. The lowest BCUT2D eigenvalue weighted by Gasteiger charge is -2.13. The number of ether oxygens (including phenoxy) is 1. The van der Waals surface area contributed by atoms with Gasteiger partial charge in [0.1, 0.15) is 23.3 Å². The summed E-state index contributed by atoms with van der Waals surface area (Å²) < 4.78 is 5.07. The van der Waals surface area contributed by atoms with Crippen LogP contribution < -0.4 is 15.6 Å². The van der Waals surface area contributed by atoms with Gasteiger partial charge in [0, 0.05) is 18.9 Å². The molecule has 28 heavy (non-hydrogen) atoms. The summed E-state index contributed by atoms with van der Waals surface area (Å²) in [5.41, 5.74) is -0.0127. The number of aliphatic carboxylic acids is 2. The molecule has 0 spiro atoms. The number of carboxylic acid groups (broad SMARTS) is 2. The SMILES string of the molecule is COc1ccc(Cc2nc(C(=O)N[C@@H](CCC(=O)O)C(=O)O)cc(=O)[nH]2)cc1. The zero-order valence-corrected chi connectivity index (χ0v) is 15.0. The van der Waals surface area contributed by atoms with Crippen LogP contribution in [-0.2, 0) is 16.0 Å². The summed E-state index contributed by atoms with van der Waals surface area (Å²) >= 11 is 0. The summed E-state index contributed by atoms with van der Waals surface area (Å²) in [6.07, 6.45) is -0.483. The van der Waals surface area contributed by atoms with E-state index in [1.54, 1.807) is 24.3 Å². The second-order valence-electron chi connectivity index (χ2n) is 5.90. The van der Waals surface area contributed by atoms with Gasteiger partial charge in [0.25, 0.3) is 11.5 Å². The molecule has 0 fully saturated rings. The molecule has 1 amide bonds. The first-order valence-electron chi connectivity index (χ1n) is 8.27. The monoisotopic (exact) mass is 389 g/mol. The quantitative estimate of drug-likeness (QED) is 0.480. The van der Waals surface area contributed by atoms with Gasteiger partial charge in [0.15, 0.2) is 0 Å². The Balaban J connectivity index is 2.16. The molecule has 0 unspecified atom stereocenters. The van der Waals surface area contributed by atoms with Crippen LogP contribution in [0.1, 0.15) is 34.7 Å². The molecule has 2 rings (SSSR count). The molecule has 0 saturated heterocycles. The maximum atomic E-state index is 12.3. The van der Waals surface area contributed by atoms with Crippen LogP contribution in [0, 0.1) is 0 Å². The minimum Gasteiger partial charge on any atom is -0.497 e. The Morgan fingerprint density at radius 3 is 2.46 bits per heavy atom. The van der Waals surface area contributed by atoms with Crippen molar-refractivity contribution in [2.24, 2.45) is 0 Å². The molecular formula is C18H19N3O7. The average molecular weight is 389 g/mol. The highest BCUT2D eigenvalue weighted by atomic mass is 16.5. The molecule has 1 heterocycles. The molecule has 1 atom stereocenters. The van der Waals surface area contributed by atoms with E-state index in [1.807, 2.05) is 0 Å². The number of hydrogen-bond acceptors (Lipinski definition) is 6. The van der Waals surface area contributed by atoms with Crippen molar-refractivity contribution in [3.8, 4) is 5.75 Å². The molecule has 1 aromatic carbocycles. The summed E-state index contributed by atoms with van der Waals surface area (Å²) in [6.45, 7) is 0. The van der Waals surface area contributed by atoms with Gasteiger partial charge in [-0.2, -0.15) is 0 Å². The van der Waals surface area contributed by atoms with E-state index >= 15 is 0 Å². The van der Waals surface area contributed by atoms with Crippen LogP contribution in [0.15, 0.2) is 35.1 Å². The summed E-state index contributed by atoms with van der Waals surface area (Å²) in [7, 11) is 1.54. The van der Waals surface area contributed by atoms with E-state index in [1.165, 1.54) is 7.11 Å². The number of amides is 1. The first-order valence-corrected chi connectivity index (χ1v) is 8.27. The van der Waals surface area contributed by atoms with Crippen LogP contribution in [0.3, 0.4) is 0 Å². The maximum Gasteiger partial charge on any atom is 0.326 e. The first kappa shape index (κ1) is 20.6. The lowest BCUT2D eigenvalue weighted by Crippen LogP contribution is -2.41. The van der Waals surface area contributed by atoms with E-state index in [9.17, 15) is 19.2 Å². The molecule has 2 aromatic rings. The van der Waals surface area contributed by atoms with Crippen molar-refractivity contribution in [2.45, 2.75) is 25.3 Å². The highest BCUT2D eigenvalue weighted by Crippen LogP contribution is 2.13. The standard InChI is InChI=1S/C18H19N3O7/c1-28-11-4-2-10(3-5-11)8-14-19-13(9-15(22)21-14)17(25)20-12(18(26)27)6-7-16(23)24/h2-5,9,12H,6-8H2,1H3,(H,20,25)(H,23,24)(H,26,27)(H,19,21,22)/t12-/m0/s1. The van der Waals surface area contributed by atoms with Gasteiger partial charge in [-0.3, -0.25) is 14.4 Å². The van der Waals surface area contributed by atoms with Gasteiger partial charge < -0.3 is 25.3 Å². The second kappa shape index (κ2) is 9.31. The van der Waals surface area contributed by atoms with Crippen molar-refractivity contribution in [1.82, 2.24) is 15.3 Å². The van der Waals surface area contributed by atoms with Gasteiger partial charge in [-0.05, 0) is 24.1 Å². The van der Waals surface area contributed by atoms with Crippen LogP contribution in [0.2, 0.25) is 0 Å². The van der Waals surface area contributed by atoms with Crippen molar-refractivity contribution in [1.29, 1.82) is 0 Å². The number of carboxylic acids is 2. The topological polar surface area (TPSA) is 159 Å². The Bertz CT molecular complexity index is 922. The Labute approximate surface area is 159 Å². The number of aromatic amines is 1. The zero-order valence-electron chi connectivity index (χ0n) is 15.0. The molecule has 0 aliphatic carbocycles. The Morgan fingerprint density at radius 1 is 1.21 bits per heavy atom. The Hall–Kier alpha value is -3.69. The largest absolute Gasteiger partial charge is 0.497 e. The molecule has 1 aromatic heterocycles. The molecule has 10 heteroatoms. The van der Waals surface area contributed by atoms with E-state index in [2.05, 4.69) is 15.3 Å². The third-order valence-electron chi connectivity index (χ3n) is 3.80. The fourth-order valence-corrected chi connectivity index (χ4v) is 2.40. The van der Waals surface area contributed by atoms with Gasteiger partial charge >= 0.3 is 11.9 Å². The lowest BCUT2D eigenvalue weighted by atomic mass is 10.1.